The third-order valence-corrected chi connectivity index (χ3v) is 5.21. The summed E-state index contributed by atoms with van der Waals surface area (Å²) in [6.45, 7) is 3.94. The van der Waals surface area contributed by atoms with Gasteiger partial charge in [-0.05, 0) is 30.0 Å². The van der Waals surface area contributed by atoms with Crippen LogP contribution in [0.15, 0.2) is 24.3 Å². The number of halogens is 1. The molecule has 8 heteroatoms. The molecule has 3 heterocycles. The zero-order chi connectivity index (χ0) is 18.3. The smallest absolute Gasteiger partial charge is 0.293 e. The van der Waals surface area contributed by atoms with E-state index in [-0.39, 0.29) is 11.7 Å². The number of nitrogens with zero attached hydrogens (tertiary/aromatic N) is 4. The van der Waals surface area contributed by atoms with Gasteiger partial charge in [0, 0.05) is 38.2 Å². The molecule has 7 nitrogen and oxygen atoms in total. The van der Waals surface area contributed by atoms with E-state index >= 15 is 0 Å². The Kier molecular flexibility index (Phi) is 4.18. The van der Waals surface area contributed by atoms with E-state index in [4.69, 9.17) is 0 Å². The van der Waals surface area contributed by atoms with Gasteiger partial charge in [0.1, 0.15) is 11.6 Å². The molecule has 0 spiro atoms. The van der Waals surface area contributed by atoms with Gasteiger partial charge in [-0.3, -0.25) is 9.59 Å². The number of likely N-dealkylation sites (tertiary alicyclic amines) is 1. The molecule has 26 heavy (non-hydrogen) atoms. The summed E-state index contributed by atoms with van der Waals surface area (Å²) in [4.78, 5) is 26.4. The number of carbonyl (C=O) groups excluding carboxylic acids is 2. The number of anilines is 1. The number of rotatable bonds is 3. The van der Waals surface area contributed by atoms with Crippen LogP contribution < -0.4 is 5.32 Å². The summed E-state index contributed by atoms with van der Waals surface area (Å²) >= 11 is 0. The summed E-state index contributed by atoms with van der Waals surface area (Å²) in [5.41, 5.74) is 0.376. The van der Waals surface area contributed by atoms with Crippen LogP contribution in [0.25, 0.3) is 0 Å². The number of hydrogen-bond acceptors (Lipinski definition) is 4. The van der Waals surface area contributed by atoms with Gasteiger partial charge in [-0.2, -0.15) is 0 Å². The van der Waals surface area contributed by atoms with Crippen molar-refractivity contribution in [3.05, 3.63) is 41.7 Å². The van der Waals surface area contributed by atoms with Gasteiger partial charge in [0.2, 0.25) is 11.7 Å². The average molecular weight is 357 g/mol. The van der Waals surface area contributed by atoms with Crippen LogP contribution >= 0.6 is 0 Å². The highest BCUT2D eigenvalue weighted by atomic mass is 19.1. The number of aromatic nitrogens is 3. The fraction of sp³-hybridized carbons (Fsp3) is 0.444. The Balaban J connectivity index is 1.51. The predicted molar refractivity (Wildman–Crippen MR) is 91.9 cm³/mol. The fourth-order valence-corrected chi connectivity index (χ4v) is 3.87. The molecule has 136 valence electrons. The zero-order valence-electron chi connectivity index (χ0n) is 14.5. The van der Waals surface area contributed by atoms with Crippen LogP contribution in [0.4, 0.5) is 10.1 Å². The molecule has 0 unspecified atom stereocenters. The van der Waals surface area contributed by atoms with Crippen LogP contribution in [0.3, 0.4) is 0 Å². The number of benzene rings is 1. The summed E-state index contributed by atoms with van der Waals surface area (Å²) in [7, 11) is 0. The predicted octanol–water partition coefficient (Wildman–Crippen LogP) is 1.71. The van der Waals surface area contributed by atoms with Gasteiger partial charge in [-0.15, -0.1) is 10.2 Å². The Morgan fingerprint density at radius 3 is 2.81 bits per heavy atom. The van der Waals surface area contributed by atoms with Crippen molar-refractivity contribution in [2.75, 3.05) is 18.4 Å². The van der Waals surface area contributed by atoms with Crippen LogP contribution in [0, 0.1) is 17.7 Å². The van der Waals surface area contributed by atoms with Crippen molar-refractivity contribution in [3.8, 4) is 0 Å². The third kappa shape index (κ3) is 2.95. The van der Waals surface area contributed by atoms with Gasteiger partial charge in [-0.1, -0.05) is 13.0 Å². The molecule has 1 fully saturated rings. The van der Waals surface area contributed by atoms with E-state index in [0.29, 0.717) is 43.5 Å². The molecule has 2 aromatic rings. The summed E-state index contributed by atoms with van der Waals surface area (Å²) in [6, 6.07) is 5.73. The molecule has 4 rings (SSSR count). The number of amides is 2. The van der Waals surface area contributed by atoms with E-state index in [1.54, 1.807) is 6.07 Å². The average Bonchev–Trinajstić information content (AvgIpc) is 3.22. The van der Waals surface area contributed by atoms with Gasteiger partial charge in [0.05, 0.1) is 0 Å². The zero-order valence-corrected chi connectivity index (χ0v) is 14.5. The highest BCUT2D eigenvalue weighted by Crippen LogP contribution is 2.33. The van der Waals surface area contributed by atoms with Crippen LogP contribution in [0.1, 0.15) is 29.8 Å². The summed E-state index contributed by atoms with van der Waals surface area (Å²) in [6.07, 6.45) is 1.21. The van der Waals surface area contributed by atoms with E-state index in [1.807, 2.05) is 16.4 Å². The minimum atomic E-state index is -0.416. The Bertz CT molecular complexity index is 865. The van der Waals surface area contributed by atoms with Crippen LogP contribution in [-0.4, -0.2) is 44.6 Å². The minimum Gasteiger partial charge on any atom is -0.342 e. The molecule has 0 aliphatic carbocycles. The second-order valence-corrected chi connectivity index (χ2v) is 6.89. The topological polar surface area (TPSA) is 80.1 Å². The normalized spacial score (nSPS) is 21.2. The SMILES string of the molecule is CCC(=O)N1C[C@@H]2Cc3nnc(C(=O)Nc4cccc(F)c4)n3C[C@@H]2C1. The Labute approximate surface area is 150 Å². The van der Waals surface area contributed by atoms with Gasteiger partial charge >= 0.3 is 0 Å². The fourth-order valence-electron chi connectivity index (χ4n) is 3.87. The Morgan fingerprint density at radius 2 is 2.04 bits per heavy atom. The first-order valence-corrected chi connectivity index (χ1v) is 8.82. The molecule has 1 aromatic carbocycles. The van der Waals surface area contributed by atoms with E-state index < -0.39 is 11.7 Å². The van der Waals surface area contributed by atoms with Crippen LogP contribution in [0.2, 0.25) is 0 Å². The number of carbonyl (C=O) groups is 2. The van der Waals surface area contributed by atoms with Crippen LogP contribution in [-0.2, 0) is 17.8 Å². The minimum absolute atomic E-state index is 0.166. The lowest BCUT2D eigenvalue weighted by atomic mass is 9.89. The van der Waals surface area contributed by atoms with Gasteiger partial charge in [0.25, 0.3) is 5.91 Å². The Hall–Kier alpha value is -2.77. The lowest BCUT2D eigenvalue weighted by Gasteiger charge is -2.25. The van der Waals surface area contributed by atoms with Crippen molar-refractivity contribution in [1.82, 2.24) is 19.7 Å². The summed E-state index contributed by atoms with van der Waals surface area (Å²) in [5.74, 6) is 0.993. The van der Waals surface area contributed by atoms with Crippen LogP contribution in [0.5, 0.6) is 0 Å². The highest BCUT2D eigenvalue weighted by Gasteiger charge is 2.40. The second-order valence-electron chi connectivity index (χ2n) is 6.89. The van der Waals surface area contributed by atoms with Crippen molar-refractivity contribution in [3.63, 3.8) is 0 Å². The maximum absolute atomic E-state index is 13.3. The molecule has 1 N–H and O–H groups in total. The lowest BCUT2D eigenvalue weighted by Crippen LogP contribution is -2.31. The standard InChI is InChI=1S/C18H20FN5O2/c1-2-16(25)23-8-11-6-15-21-22-17(24(15)10-12(11)9-23)18(26)20-14-5-3-4-13(19)7-14/h3-5,7,11-12H,2,6,8-10H2,1H3,(H,20,26)/t11-,12-/m0/s1. The molecule has 0 saturated carbocycles. The first-order chi connectivity index (χ1) is 12.5. The molecular formula is C18H20FN5O2. The molecule has 1 saturated heterocycles. The van der Waals surface area contributed by atoms with E-state index in [9.17, 15) is 14.0 Å². The molecule has 2 amide bonds. The summed E-state index contributed by atoms with van der Waals surface area (Å²) < 4.78 is 15.1. The molecule has 0 bridgehead atoms. The largest absolute Gasteiger partial charge is 0.342 e. The summed E-state index contributed by atoms with van der Waals surface area (Å²) in [5, 5.41) is 10.9. The first-order valence-electron chi connectivity index (χ1n) is 8.82. The maximum Gasteiger partial charge on any atom is 0.293 e. The third-order valence-electron chi connectivity index (χ3n) is 5.21. The highest BCUT2D eigenvalue weighted by molar-refractivity contribution is 6.01. The first kappa shape index (κ1) is 16.7. The number of nitrogens with one attached hydrogen (secondary N) is 1. The molecule has 1 aromatic heterocycles. The van der Waals surface area contributed by atoms with E-state index in [1.165, 1.54) is 18.2 Å². The van der Waals surface area contributed by atoms with Gasteiger partial charge < -0.3 is 14.8 Å². The quantitative estimate of drug-likeness (QED) is 0.907. The van der Waals surface area contributed by atoms with Crippen molar-refractivity contribution >= 4 is 17.5 Å². The van der Waals surface area contributed by atoms with Gasteiger partial charge in [0.15, 0.2) is 0 Å². The molecule has 0 radical (unpaired) electrons. The molecule has 2 atom stereocenters. The van der Waals surface area contributed by atoms with Crippen molar-refractivity contribution < 1.29 is 14.0 Å². The van der Waals surface area contributed by atoms with Gasteiger partial charge in [-0.25, -0.2) is 4.39 Å². The molecular weight excluding hydrogens is 337 g/mol. The molecule has 2 aliphatic rings. The maximum atomic E-state index is 13.3. The van der Waals surface area contributed by atoms with Crippen molar-refractivity contribution in [2.45, 2.75) is 26.3 Å². The van der Waals surface area contributed by atoms with Crippen molar-refractivity contribution in [2.24, 2.45) is 11.8 Å². The Morgan fingerprint density at radius 1 is 1.23 bits per heavy atom. The van der Waals surface area contributed by atoms with E-state index in [0.717, 1.165) is 12.4 Å². The monoisotopic (exact) mass is 357 g/mol. The number of hydrogen-bond donors (Lipinski definition) is 1. The second kappa shape index (κ2) is 6.51. The van der Waals surface area contributed by atoms with Crippen molar-refractivity contribution in [1.29, 1.82) is 0 Å². The number of fused-ring (bicyclic) bond motifs is 2. The van der Waals surface area contributed by atoms with E-state index in [2.05, 4.69) is 15.5 Å². The lowest BCUT2D eigenvalue weighted by molar-refractivity contribution is -0.130. The molecule has 2 aliphatic heterocycles.